The second-order valence-corrected chi connectivity index (χ2v) is 20.1. The number of hydrogen-bond donors (Lipinski definition) is 0. The van der Waals surface area contributed by atoms with E-state index in [9.17, 15) is 0 Å². The number of unbranched alkanes of at least 4 members (excludes halogenated alkanes) is 4. The van der Waals surface area contributed by atoms with E-state index in [4.69, 9.17) is 0 Å². The highest BCUT2D eigenvalue weighted by Crippen LogP contribution is 2.85. The van der Waals surface area contributed by atoms with Crippen molar-refractivity contribution in [2.24, 2.45) is 38.4 Å². The highest BCUT2D eigenvalue weighted by Gasteiger charge is 2.76. The first-order chi connectivity index (χ1) is 21.1. The predicted octanol–water partition coefficient (Wildman–Crippen LogP) is 14.1. The topological polar surface area (TPSA) is 0 Å². The van der Waals surface area contributed by atoms with Gasteiger partial charge in [0.1, 0.15) is 0 Å². The summed E-state index contributed by atoms with van der Waals surface area (Å²) in [6, 6.07) is 7.69. The van der Waals surface area contributed by atoms with Crippen molar-refractivity contribution in [3.8, 4) is 0 Å². The number of benzene rings is 1. The predicted molar refractivity (Wildman–Crippen MR) is 192 cm³/mol. The maximum Gasteiger partial charge on any atom is 0.0204 e. The summed E-state index contributed by atoms with van der Waals surface area (Å²) in [6.45, 7) is 12.2. The van der Waals surface area contributed by atoms with E-state index >= 15 is 0 Å². The minimum Gasteiger partial charge on any atom is -0.0654 e. The molecule has 0 N–H and O–H groups in total. The molecule has 0 aliphatic heterocycles. The van der Waals surface area contributed by atoms with Crippen molar-refractivity contribution in [1.29, 1.82) is 0 Å². The molecular weight excluding hydrogens is 596 g/mol. The van der Waals surface area contributed by atoms with Gasteiger partial charge in [-0.1, -0.05) is 107 Å². The maximum atomic E-state index is 3.90. The Morgan fingerprint density at radius 3 is 1.55 bits per heavy atom. The first-order valence-electron chi connectivity index (χ1n) is 19.8. The molecule has 8 bridgehead atoms. The molecule has 8 aliphatic rings. The Bertz CT molecular complexity index is 1160. The third-order valence-corrected chi connectivity index (χ3v) is 16.6. The Morgan fingerprint density at radius 1 is 0.568 bits per heavy atom. The van der Waals surface area contributed by atoms with E-state index in [-0.39, 0.29) is 0 Å². The number of rotatable bonds is 14. The van der Waals surface area contributed by atoms with Crippen molar-refractivity contribution >= 4 is 15.9 Å². The first-order valence-corrected chi connectivity index (χ1v) is 20.6. The molecular formula is C43H67Br. The minimum absolute atomic E-state index is 0.401. The molecule has 0 saturated heterocycles. The van der Waals surface area contributed by atoms with Gasteiger partial charge in [0.2, 0.25) is 0 Å². The third kappa shape index (κ3) is 5.07. The molecule has 8 fully saturated rings. The Hall–Kier alpha value is -0.300. The van der Waals surface area contributed by atoms with Crippen LogP contribution in [0.2, 0.25) is 0 Å². The Kier molecular flexibility index (Phi) is 8.36. The second kappa shape index (κ2) is 11.4. The largest absolute Gasteiger partial charge is 0.0654 e. The molecule has 0 aromatic heterocycles. The van der Waals surface area contributed by atoms with E-state index in [1.54, 1.807) is 76.2 Å². The fraction of sp³-hybridized carbons (Fsp3) is 0.860. The monoisotopic (exact) mass is 662 g/mol. The number of halogens is 1. The van der Waals surface area contributed by atoms with E-state index < -0.39 is 0 Å². The Balaban J connectivity index is 1.39. The van der Waals surface area contributed by atoms with Gasteiger partial charge in [0.15, 0.2) is 0 Å². The van der Waals surface area contributed by atoms with Crippen LogP contribution in [0.25, 0.3) is 0 Å². The molecule has 0 heterocycles. The average molecular weight is 664 g/mol. The Labute approximate surface area is 281 Å². The molecule has 1 aromatic carbocycles. The number of hydrogen-bond acceptors (Lipinski definition) is 0. The van der Waals surface area contributed by atoms with E-state index in [0.29, 0.717) is 37.9 Å². The molecule has 246 valence electrons. The molecule has 4 unspecified atom stereocenters. The van der Waals surface area contributed by atoms with Gasteiger partial charge < -0.3 is 0 Å². The van der Waals surface area contributed by atoms with Crippen molar-refractivity contribution < 1.29 is 0 Å². The van der Waals surface area contributed by atoms with Gasteiger partial charge in [-0.2, -0.15) is 0 Å². The van der Waals surface area contributed by atoms with E-state index in [0.717, 1.165) is 5.92 Å². The van der Waals surface area contributed by atoms with Crippen LogP contribution in [0.5, 0.6) is 0 Å². The summed E-state index contributed by atoms with van der Waals surface area (Å²) in [5, 5.41) is 0. The highest BCUT2D eigenvalue weighted by atomic mass is 79.9. The van der Waals surface area contributed by atoms with Crippen LogP contribution in [0.3, 0.4) is 0 Å². The third-order valence-electron chi connectivity index (χ3n) is 15.7. The van der Waals surface area contributed by atoms with Gasteiger partial charge in [-0.15, -0.1) is 0 Å². The van der Waals surface area contributed by atoms with Crippen LogP contribution in [0, 0.1) is 45.3 Å². The maximum absolute atomic E-state index is 3.90. The molecule has 1 aromatic rings. The normalized spacial score (nSPS) is 45.0. The zero-order valence-corrected chi connectivity index (χ0v) is 31.2. The van der Waals surface area contributed by atoms with Gasteiger partial charge in [0.05, 0.1) is 0 Å². The van der Waals surface area contributed by atoms with Crippen molar-refractivity contribution in [3.63, 3.8) is 0 Å². The SMILES string of the molecule is CCCCC12CC3CC(CCCC)(C1)CC(C14CC5(CCCC)CC(CCCC)(CC(c6ccc(Br)c(C)c6)(C5)C1)C4)(C3)C2. The lowest BCUT2D eigenvalue weighted by Gasteiger charge is -2.80. The lowest BCUT2D eigenvalue weighted by molar-refractivity contribution is -0.283. The standard InChI is InChI=1S/C43H67Br/c1-6-10-16-37-21-34-22-38(24-37,17-11-7-2)29-42(23-34,28-37)43-30-39(18-12-8-3)25-40(31-43,19-13-9-4)27-41(26-39,32-43)35-14-15-36(44)33(5)20-35/h14-15,20,34H,6-13,16-19,21-32H2,1-5H3. The van der Waals surface area contributed by atoms with Crippen LogP contribution in [0.4, 0.5) is 0 Å². The van der Waals surface area contributed by atoms with Crippen molar-refractivity contribution in [1.82, 2.24) is 0 Å². The van der Waals surface area contributed by atoms with Crippen molar-refractivity contribution in [2.45, 2.75) is 194 Å². The molecule has 44 heavy (non-hydrogen) atoms. The van der Waals surface area contributed by atoms with Gasteiger partial charge in [-0.3, -0.25) is 0 Å². The van der Waals surface area contributed by atoms with Gasteiger partial charge in [0.25, 0.3) is 0 Å². The van der Waals surface area contributed by atoms with E-state index in [1.807, 2.05) is 0 Å². The summed E-state index contributed by atoms with van der Waals surface area (Å²) in [7, 11) is 0. The molecule has 0 nitrogen and oxygen atoms in total. The van der Waals surface area contributed by atoms with Crippen LogP contribution in [0.1, 0.15) is 193 Å². The van der Waals surface area contributed by atoms with Crippen LogP contribution in [0.15, 0.2) is 22.7 Å². The number of aryl methyl sites for hydroxylation is 1. The van der Waals surface area contributed by atoms with Crippen LogP contribution < -0.4 is 0 Å². The summed E-state index contributed by atoms with van der Waals surface area (Å²) >= 11 is 3.90. The molecule has 0 radical (unpaired) electrons. The molecule has 8 aliphatic carbocycles. The molecule has 1 heteroatoms. The fourth-order valence-corrected chi connectivity index (χ4v) is 15.9. The summed E-state index contributed by atoms with van der Waals surface area (Å²) in [4.78, 5) is 0. The lowest BCUT2D eigenvalue weighted by Crippen LogP contribution is -2.70. The van der Waals surface area contributed by atoms with Gasteiger partial charge in [0, 0.05) is 4.47 Å². The van der Waals surface area contributed by atoms with Crippen molar-refractivity contribution in [2.75, 3.05) is 0 Å². The zero-order chi connectivity index (χ0) is 30.9. The minimum atomic E-state index is 0.401. The fourth-order valence-electron chi connectivity index (χ4n) is 15.6. The first kappa shape index (κ1) is 32.3. The zero-order valence-electron chi connectivity index (χ0n) is 29.7. The highest BCUT2D eigenvalue weighted by molar-refractivity contribution is 9.10. The van der Waals surface area contributed by atoms with Crippen LogP contribution >= 0.6 is 15.9 Å². The van der Waals surface area contributed by atoms with E-state index in [2.05, 4.69) is 68.7 Å². The smallest absolute Gasteiger partial charge is 0.0204 e. The summed E-state index contributed by atoms with van der Waals surface area (Å²) < 4.78 is 1.30. The lowest BCUT2D eigenvalue weighted by atomic mass is 9.25. The molecule has 9 rings (SSSR count). The van der Waals surface area contributed by atoms with Crippen molar-refractivity contribution in [3.05, 3.63) is 33.8 Å². The molecule has 0 spiro atoms. The summed E-state index contributed by atoms with van der Waals surface area (Å²) in [5.74, 6) is 1.03. The van der Waals surface area contributed by atoms with Gasteiger partial charge in [-0.25, -0.2) is 0 Å². The summed E-state index contributed by atoms with van der Waals surface area (Å²) in [5.41, 5.74) is 7.28. The average Bonchev–Trinajstić information content (AvgIpc) is 2.97. The Morgan fingerprint density at radius 2 is 1.05 bits per heavy atom. The van der Waals surface area contributed by atoms with Crippen LogP contribution in [-0.2, 0) is 5.41 Å². The summed E-state index contributed by atoms with van der Waals surface area (Å²) in [6.07, 6.45) is 36.4. The van der Waals surface area contributed by atoms with Gasteiger partial charge >= 0.3 is 0 Å². The molecule has 8 saturated carbocycles. The van der Waals surface area contributed by atoms with Crippen LogP contribution in [-0.4, -0.2) is 0 Å². The molecule has 4 atom stereocenters. The van der Waals surface area contributed by atoms with Gasteiger partial charge in [-0.05, 0) is 171 Å². The quantitative estimate of drug-likeness (QED) is 0.186. The second-order valence-electron chi connectivity index (χ2n) is 19.3. The van der Waals surface area contributed by atoms with E-state index in [1.165, 1.54) is 93.5 Å². The molecule has 0 amide bonds.